The van der Waals surface area contributed by atoms with Crippen molar-refractivity contribution >= 4 is 53.3 Å². The van der Waals surface area contributed by atoms with Crippen LogP contribution < -0.4 is 10.6 Å². The summed E-state index contributed by atoms with van der Waals surface area (Å²) >= 11 is 2.06. The number of amides is 1. The first-order valence-electron chi connectivity index (χ1n) is 9.58. The smallest absolute Gasteiger partial charge is 0.291 e. The quantitative estimate of drug-likeness (QED) is 0.344. The van der Waals surface area contributed by atoms with Crippen LogP contribution in [0.3, 0.4) is 0 Å². The van der Waals surface area contributed by atoms with Gasteiger partial charge in [0.05, 0.1) is 6.26 Å². The minimum Gasteiger partial charge on any atom is -0.459 e. The van der Waals surface area contributed by atoms with Crippen LogP contribution in [0.1, 0.15) is 30.0 Å². The van der Waals surface area contributed by atoms with Crippen molar-refractivity contribution in [3.63, 3.8) is 0 Å². The van der Waals surface area contributed by atoms with Gasteiger partial charge in [0, 0.05) is 43.4 Å². The summed E-state index contributed by atoms with van der Waals surface area (Å²) in [5, 5.41) is 6.93. The molecule has 3 rings (SSSR count). The summed E-state index contributed by atoms with van der Waals surface area (Å²) in [6, 6.07) is 11.1. The van der Waals surface area contributed by atoms with Crippen LogP contribution in [-0.2, 0) is 6.54 Å². The maximum atomic E-state index is 12.0. The predicted molar refractivity (Wildman–Crippen MR) is 131 cm³/mol. The second-order valence-electron chi connectivity index (χ2n) is 7.13. The first kappa shape index (κ1) is 23.6. The van der Waals surface area contributed by atoms with E-state index in [1.165, 1.54) is 6.26 Å². The molecular weight excluding hydrogens is 499 g/mol. The summed E-state index contributed by atoms with van der Waals surface area (Å²) < 4.78 is 5.11. The molecule has 1 aromatic heterocycles. The van der Waals surface area contributed by atoms with Crippen LogP contribution in [0.25, 0.3) is 0 Å². The van der Waals surface area contributed by atoms with Crippen molar-refractivity contribution in [2.45, 2.75) is 25.6 Å². The van der Waals surface area contributed by atoms with E-state index in [1.807, 2.05) is 31.3 Å². The van der Waals surface area contributed by atoms with Gasteiger partial charge in [-0.15, -0.1) is 24.0 Å². The van der Waals surface area contributed by atoms with Gasteiger partial charge in [0.1, 0.15) is 0 Å². The van der Waals surface area contributed by atoms with Gasteiger partial charge in [0.25, 0.3) is 5.91 Å². The third kappa shape index (κ3) is 6.67. The lowest BCUT2D eigenvalue weighted by molar-refractivity contribution is 0.0996. The lowest BCUT2D eigenvalue weighted by atomic mass is 10.1. The molecule has 6 nitrogen and oxygen atoms in total. The summed E-state index contributed by atoms with van der Waals surface area (Å²) in [5.41, 5.74) is 1.87. The molecular formula is C21H29IN4O2S. The highest BCUT2D eigenvalue weighted by molar-refractivity contribution is 14.0. The van der Waals surface area contributed by atoms with Crippen LogP contribution >= 0.6 is 35.7 Å². The van der Waals surface area contributed by atoms with E-state index in [-0.39, 0.29) is 29.9 Å². The number of nitrogens with one attached hydrogen (secondary N) is 2. The lowest BCUT2D eigenvalue weighted by Crippen LogP contribution is -2.48. The maximum Gasteiger partial charge on any atom is 0.291 e. The van der Waals surface area contributed by atoms with Crippen molar-refractivity contribution in [2.75, 3.05) is 31.2 Å². The summed E-state index contributed by atoms with van der Waals surface area (Å²) in [4.78, 5) is 18.8. The predicted octanol–water partition coefficient (Wildman–Crippen LogP) is 4.30. The Morgan fingerprint density at radius 2 is 2.07 bits per heavy atom. The Kier molecular flexibility index (Phi) is 9.35. The molecule has 2 aromatic rings. The van der Waals surface area contributed by atoms with Crippen molar-refractivity contribution in [3.8, 4) is 0 Å². The monoisotopic (exact) mass is 528 g/mol. The summed E-state index contributed by atoms with van der Waals surface area (Å²) in [7, 11) is 1.84. The molecule has 1 fully saturated rings. The highest BCUT2D eigenvalue weighted by Gasteiger charge is 2.24. The fraction of sp³-hybridized carbons (Fsp3) is 0.429. The first-order valence-corrected chi connectivity index (χ1v) is 10.6. The normalized spacial score (nSPS) is 17.0. The molecule has 0 radical (unpaired) electrons. The average Bonchev–Trinajstić information content (AvgIpc) is 3.25. The number of hydrogen-bond acceptors (Lipinski definition) is 4. The highest BCUT2D eigenvalue weighted by atomic mass is 127. The molecule has 0 saturated carbocycles. The van der Waals surface area contributed by atoms with Gasteiger partial charge >= 0.3 is 0 Å². The lowest BCUT2D eigenvalue weighted by Gasteiger charge is -2.36. The largest absolute Gasteiger partial charge is 0.459 e. The molecule has 1 amide bonds. The Morgan fingerprint density at radius 3 is 2.69 bits per heavy atom. The Balaban J connectivity index is 0.00000300. The van der Waals surface area contributed by atoms with E-state index in [0.29, 0.717) is 23.5 Å². The van der Waals surface area contributed by atoms with Gasteiger partial charge < -0.3 is 20.0 Å². The van der Waals surface area contributed by atoms with E-state index >= 15 is 0 Å². The fourth-order valence-electron chi connectivity index (χ4n) is 3.09. The van der Waals surface area contributed by atoms with Crippen molar-refractivity contribution in [1.29, 1.82) is 0 Å². The molecule has 29 heavy (non-hydrogen) atoms. The molecule has 1 saturated heterocycles. The third-order valence-electron chi connectivity index (χ3n) is 4.76. The van der Waals surface area contributed by atoms with Crippen molar-refractivity contribution in [2.24, 2.45) is 10.9 Å². The van der Waals surface area contributed by atoms with Gasteiger partial charge in [0.15, 0.2) is 11.7 Å². The molecule has 1 aliphatic rings. The minimum atomic E-state index is -0.251. The summed E-state index contributed by atoms with van der Waals surface area (Å²) in [5.74, 6) is 2.79. The molecule has 1 aliphatic heterocycles. The summed E-state index contributed by atoms with van der Waals surface area (Å²) in [6.07, 6.45) is 1.49. The van der Waals surface area contributed by atoms with E-state index in [2.05, 4.69) is 46.1 Å². The SMILES string of the molecule is CN=C(NCc1ccc(NC(=O)c2ccco2)cc1)N1CCSC(C(C)C)C1.I. The number of thioether (sulfide) groups is 1. The number of furan rings is 1. The van der Waals surface area contributed by atoms with E-state index in [4.69, 9.17) is 4.42 Å². The van der Waals surface area contributed by atoms with Crippen molar-refractivity contribution < 1.29 is 9.21 Å². The van der Waals surface area contributed by atoms with Crippen LogP contribution in [-0.4, -0.2) is 47.9 Å². The molecule has 1 aromatic carbocycles. The number of nitrogens with zero attached hydrogens (tertiary/aromatic N) is 2. The molecule has 2 N–H and O–H groups in total. The van der Waals surface area contributed by atoms with Crippen LogP contribution in [0.4, 0.5) is 5.69 Å². The van der Waals surface area contributed by atoms with Crippen LogP contribution in [0.2, 0.25) is 0 Å². The number of aliphatic imine (C=N–C) groups is 1. The number of carbonyl (C=O) groups excluding carboxylic acids is 1. The van der Waals surface area contributed by atoms with Gasteiger partial charge in [-0.05, 0) is 35.7 Å². The molecule has 8 heteroatoms. The molecule has 2 heterocycles. The number of anilines is 1. The zero-order valence-corrected chi connectivity index (χ0v) is 20.2. The van der Waals surface area contributed by atoms with Gasteiger partial charge in [-0.3, -0.25) is 9.79 Å². The van der Waals surface area contributed by atoms with Gasteiger partial charge in [-0.1, -0.05) is 26.0 Å². The third-order valence-corrected chi connectivity index (χ3v) is 6.30. The molecule has 158 valence electrons. The zero-order valence-electron chi connectivity index (χ0n) is 17.1. The van der Waals surface area contributed by atoms with E-state index in [0.717, 1.165) is 36.1 Å². The topological polar surface area (TPSA) is 69.9 Å². The maximum absolute atomic E-state index is 12.0. The van der Waals surface area contributed by atoms with Crippen LogP contribution in [0, 0.1) is 5.92 Å². The number of benzene rings is 1. The molecule has 0 spiro atoms. The average molecular weight is 528 g/mol. The van der Waals surface area contributed by atoms with Crippen molar-refractivity contribution in [1.82, 2.24) is 10.2 Å². The summed E-state index contributed by atoms with van der Waals surface area (Å²) in [6.45, 7) is 7.30. The van der Waals surface area contributed by atoms with Gasteiger partial charge in [-0.2, -0.15) is 11.8 Å². The van der Waals surface area contributed by atoms with Crippen LogP contribution in [0.5, 0.6) is 0 Å². The first-order chi connectivity index (χ1) is 13.6. The minimum absolute atomic E-state index is 0. The number of halogens is 1. The van der Waals surface area contributed by atoms with E-state index < -0.39 is 0 Å². The van der Waals surface area contributed by atoms with Gasteiger partial charge in [-0.25, -0.2) is 0 Å². The number of hydrogen-bond donors (Lipinski definition) is 2. The highest BCUT2D eigenvalue weighted by Crippen LogP contribution is 2.24. The Hall–Kier alpha value is -1.68. The van der Waals surface area contributed by atoms with E-state index in [1.54, 1.807) is 12.1 Å². The standard InChI is InChI=1S/C21H28N4O2S.HI/c1-15(2)19-14-25(10-12-28-19)21(22-3)23-13-16-6-8-17(9-7-16)24-20(26)18-5-4-11-27-18;/h4-9,11,15,19H,10,12-14H2,1-3H3,(H,22,23)(H,24,26);1H. The molecule has 0 bridgehead atoms. The molecule has 0 aliphatic carbocycles. The van der Waals surface area contributed by atoms with Crippen molar-refractivity contribution in [3.05, 3.63) is 54.0 Å². The van der Waals surface area contributed by atoms with Crippen LogP contribution in [0.15, 0.2) is 52.1 Å². The Bertz CT molecular complexity index is 794. The number of carbonyl (C=O) groups is 1. The fourth-order valence-corrected chi connectivity index (χ4v) is 4.39. The second-order valence-corrected chi connectivity index (χ2v) is 8.48. The molecule has 1 unspecified atom stereocenters. The second kappa shape index (κ2) is 11.5. The number of guanidine groups is 1. The molecule has 1 atom stereocenters. The Labute approximate surface area is 193 Å². The Morgan fingerprint density at radius 1 is 1.31 bits per heavy atom. The van der Waals surface area contributed by atoms with E-state index in [9.17, 15) is 4.79 Å². The van der Waals surface area contributed by atoms with Gasteiger partial charge in [0.2, 0.25) is 0 Å². The zero-order chi connectivity index (χ0) is 19.9. The number of rotatable bonds is 5.